The molecule has 0 aromatic heterocycles. The smallest absolute Gasteiger partial charge is 0.106 e. The summed E-state index contributed by atoms with van der Waals surface area (Å²) in [5.74, 6) is 0. The topological polar surface area (TPSA) is 21.3 Å². The van der Waals surface area contributed by atoms with Crippen LogP contribution in [0.2, 0.25) is 0 Å². The van der Waals surface area contributed by atoms with E-state index in [1.165, 1.54) is 0 Å². The van der Waals surface area contributed by atoms with Gasteiger partial charge in [0.25, 0.3) is 0 Å². The highest BCUT2D eigenvalue weighted by Crippen LogP contribution is 1.81. The predicted octanol–water partition coefficient (Wildman–Crippen LogP) is 0.634. The van der Waals surface area contributed by atoms with Crippen LogP contribution in [-0.4, -0.2) is 13.2 Å². The summed E-state index contributed by atoms with van der Waals surface area (Å²) in [6, 6.07) is 0. The highest BCUT2D eigenvalue weighted by atomic mass is 16.5. The first-order chi connectivity index (χ1) is 4.00. The van der Waals surface area contributed by atoms with E-state index < -0.39 is 0 Å². The quantitative estimate of drug-likeness (QED) is 0.463. The molecule has 1 heterocycles. The third-order valence-corrected chi connectivity index (χ3v) is 0.877. The van der Waals surface area contributed by atoms with Crippen LogP contribution in [0.15, 0.2) is 24.6 Å². The van der Waals surface area contributed by atoms with Gasteiger partial charge in [0.05, 0.1) is 6.26 Å². The Labute approximate surface area is 48.8 Å². The molecule has 44 valence electrons. The minimum Gasteiger partial charge on any atom is -0.496 e. The van der Waals surface area contributed by atoms with E-state index in [9.17, 15) is 0 Å². The lowest BCUT2D eigenvalue weighted by Gasteiger charge is -1.99. The molecule has 0 bridgehead atoms. The highest BCUT2D eigenvalue weighted by molar-refractivity contribution is 4.89. The summed E-state index contributed by atoms with van der Waals surface area (Å²) in [6.45, 7) is 1.60. The molecule has 0 saturated carbocycles. The summed E-state index contributed by atoms with van der Waals surface area (Å²) < 4.78 is 4.94. The lowest BCUT2D eigenvalue weighted by Crippen LogP contribution is -2.05. The molecule has 0 atom stereocenters. The van der Waals surface area contributed by atoms with E-state index >= 15 is 0 Å². The van der Waals surface area contributed by atoms with Crippen molar-refractivity contribution in [1.82, 2.24) is 5.32 Å². The molecule has 0 fully saturated rings. The molecule has 0 aromatic rings. The van der Waals surface area contributed by atoms with Crippen molar-refractivity contribution in [2.45, 2.75) is 0 Å². The van der Waals surface area contributed by atoms with Crippen molar-refractivity contribution in [3.63, 3.8) is 0 Å². The van der Waals surface area contributed by atoms with Crippen molar-refractivity contribution in [3.05, 3.63) is 24.6 Å². The van der Waals surface area contributed by atoms with Crippen LogP contribution in [0, 0.1) is 0 Å². The third kappa shape index (κ3) is 1.69. The summed E-state index contributed by atoms with van der Waals surface area (Å²) in [5, 5.41) is 2.99. The molecule has 8 heavy (non-hydrogen) atoms. The molecule has 2 nitrogen and oxygen atoms in total. The first kappa shape index (κ1) is 5.22. The van der Waals surface area contributed by atoms with E-state index in [0.29, 0.717) is 6.61 Å². The Kier molecular flexibility index (Phi) is 2.04. The largest absolute Gasteiger partial charge is 0.496 e. The van der Waals surface area contributed by atoms with Gasteiger partial charge < -0.3 is 10.1 Å². The van der Waals surface area contributed by atoms with Crippen molar-refractivity contribution in [2.24, 2.45) is 0 Å². The molecule has 0 spiro atoms. The molecule has 1 N–H and O–H groups in total. The molecule has 0 unspecified atom stereocenters. The lowest BCUT2D eigenvalue weighted by molar-refractivity contribution is 0.286. The normalized spacial score (nSPS) is 22.0. The predicted molar refractivity (Wildman–Crippen MR) is 32.2 cm³/mol. The average Bonchev–Trinajstić information content (AvgIpc) is 1.62. The van der Waals surface area contributed by atoms with Crippen molar-refractivity contribution in [2.75, 3.05) is 13.2 Å². The summed E-state index contributed by atoms with van der Waals surface area (Å²) >= 11 is 0. The fourth-order valence-electron chi connectivity index (χ4n) is 0.495. The minimum absolute atomic E-state index is 0.693. The van der Waals surface area contributed by atoms with Gasteiger partial charge in [0.2, 0.25) is 0 Å². The van der Waals surface area contributed by atoms with Crippen molar-refractivity contribution < 1.29 is 4.74 Å². The lowest BCUT2D eigenvalue weighted by atomic mass is 10.5. The average molecular weight is 111 g/mol. The van der Waals surface area contributed by atoms with Gasteiger partial charge in [-0.15, -0.1) is 0 Å². The maximum atomic E-state index is 4.94. The highest BCUT2D eigenvalue weighted by Gasteiger charge is 1.78. The van der Waals surface area contributed by atoms with Crippen molar-refractivity contribution in [3.8, 4) is 0 Å². The molecular weight excluding hydrogens is 102 g/mol. The second-order valence-corrected chi connectivity index (χ2v) is 1.52. The van der Waals surface area contributed by atoms with Gasteiger partial charge in [0, 0.05) is 12.7 Å². The summed E-state index contributed by atoms with van der Waals surface area (Å²) in [6.07, 6.45) is 7.47. The number of rotatable bonds is 0. The molecule has 1 aliphatic heterocycles. The number of ether oxygens (including phenoxy) is 1. The van der Waals surface area contributed by atoms with E-state index in [4.69, 9.17) is 4.74 Å². The van der Waals surface area contributed by atoms with Crippen LogP contribution in [0.25, 0.3) is 0 Å². The standard InChI is InChI=1S/C6H9NO/c1-2-5-8-6-4-7-3-1/h1-2,4,6-7H,3,5H2/b2-1?,6-4-. The van der Waals surface area contributed by atoms with Crippen LogP contribution in [0.4, 0.5) is 0 Å². The molecule has 0 radical (unpaired) electrons. The van der Waals surface area contributed by atoms with E-state index in [2.05, 4.69) is 5.32 Å². The van der Waals surface area contributed by atoms with Gasteiger partial charge in [-0.3, -0.25) is 0 Å². The van der Waals surface area contributed by atoms with Crippen LogP contribution in [0.1, 0.15) is 0 Å². The third-order valence-electron chi connectivity index (χ3n) is 0.877. The van der Waals surface area contributed by atoms with Gasteiger partial charge in [0.1, 0.15) is 6.61 Å². The van der Waals surface area contributed by atoms with Crippen LogP contribution >= 0.6 is 0 Å². The maximum absolute atomic E-state index is 4.94. The molecule has 1 aliphatic rings. The molecule has 2 heteroatoms. The van der Waals surface area contributed by atoms with E-state index in [0.717, 1.165) is 6.54 Å². The first-order valence-corrected chi connectivity index (χ1v) is 2.65. The first-order valence-electron chi connectivity index (χ1n) is 2.65. The Morgan fingerprint density at radius 3 is 3.38 bits per heavy atom. The van der Waals surface area contributed by atoms with Gasteiger partial charge in [-0.2, -0.15) is 0 Å². The summed E-state index contributed by atoms with van der Waals surface area (Å²) in [7, 11) is 0. The van der Waals surface area contributed by atoms with Gasteiger partial charge in [-0.25, -0.2) is 0 Å². The zero-order chi connectivity index (χ0) is 5.66. The monoisotopic (exact) mass is 111 g/mol. The molecule has 0 saturated heterocycles. The SMILES string of the molecule is C1=CCO/C=C\NC1. The Hall–Kier alpha value is -0.920. The van der Waals surface area contributed by atoms with Gasteiger partial charge in [-0.1, -0.05) is 6.08 Å². The Bertz CT molecular complexity index is 81.1. The number of hydrogen-bond donors (Lipinski definition) is 1. The van der Waals surface area contributed by atoms with Crippen LogP contribution < -0.4 is 5.32 Å². The molecule has 0 aromatic carbocycles. The number of hydrogen-bond acceptors (Lipinski definition) is 2. The van der Waals surface area contributed by atoms with Crippen LogP contribution in [-0.2, 0) is 4.74 Å². The van der Waals surface area contributed by atoms with Gasteiger partial charge >= 0.3 is 0 Å². The van der Waals surface area contributed by atoms with E-state index in [1.54, 1.807) is 12.5 Å². The second-order valence-electron chi connectivity index (χ2n) is 1.52. The van der Waals surface area contributed by atoms with Crippen LogP contribution in [0.5, 0.6) is 0 Å². The van der Waals surface area contributed by atoms with E-state index in [-0.39, 0.29) is 0 Å². The van der Waals surface area contributed by atoms with Gasteiger partial charge in [0.15, 0.2) is 0 Å². The second kappa shape index (κ2) is 3.13. The molecule has 1 rings (SSSR count). The number of nitrogens with one attached hydrogen (secondary N) is 1. The molecule has 0 aliphatic carbocycles. The maximum Gasteiger partial charge on any atom is 0.106 e. The molecular formula is C6H9NO. The molecule has 0 amide bonds. The summed E-state index contributed by atoms with van der Waals surface area (Å²) in [5.41, 5.74) is 0. The van der Waals surface area contributed by atoms with Crippen LogP contribution in [0.3, 0.4) is 0 Å². The Morgan fingerprint density at radius 1 is 1.38 bits per heavy atom. The zero-order valence-corrected chi connectivity index (χ0v) is 4.63. The fourth-order valence-corrected chi connectivity index (χ4v) is 0.495. The fraction of sp³-hybridized carbons (Fsp3) is 0.333. The summed E-state index contributed by atoms with van der Waals surface area (Å²) in [4.78, 5) is 0. The van der Waals surface area contributed by atoms with E-state index in [1.807, 2.05) is 12.2 Å². The van der Waals surface area contributed by atoms with Crippen molar-refractivity contribution in [1.29, 1.82) is 0 Å². The van der Waals surface area contributed by atoms with Crippen molar-refractivity contribution >= 4 is 0 Å². The Balaban J connectivity index is 2.29. The van der Waals surface area contributed by atoms with Gasteiger partial charge in [-0.05, 0) is 6.08 Å². The minimum atomic E-state index is 0.693. The zero-order valence-electron chi connectivity index (χ0n) is 4.63. The Morgan fingerprint density at radius 2 is 2.38 bits per heavy atom.